The van der Waals surface area contributed by atoms with E-state index in [-0.39, 0.29) is 13.4 Å². The maximum absolute atomic E-state index is 11.3. The third-order valence-electron chi connectivity index (χ3n) is 3.12. The molecule has 3 N–H and O–H groups in total. The summed E-state index contributed by atoms with van der Waals surface area (Å²) in [5.41, 5.74) is 5.34. The Hall–Kier alpha value is -1.95. The number of fused-ring (bicyclic) bond motifs is 1. The molecule has 0 saturated heterocycles. The molecule has 1 aliphatic carbocycles. The Labute approximate surface area is 110 Å². The van der Waals surface area contributed by atoms with Gasteiger partial charge in [-0.2, -0.15) is 0 Å². The Balaban J connectivity index is 1.59. The van der Waals surface area contributed by atoms with Crippen LogP contribution in [0.2, 0.25) is 0 Å². The first-order valence-corrected chi connectivity index (χ1v) is 6.30. The first kappa shape index (κ1) is 12.1. The Morgan fingerprint density at radius 3 is 2.95 bits per heavy atom. The highest BCUT2D eigenvalue weighted by atomic mass is 16.7. The van der Waals surface area contributed by atoms with Gasteiger partial charge in [0.1, 0.15) is 18.4 Å². The minimum Gasteiger partial charge on any atom is -0.491 e. The number of hydrogen-bond donors (Lipinski definition) is 2. The molecule has 1 amide bonds. The van der Waals surface area contributed by atoms with Crippen molar-refractivity contribution in [3.63, 3.8) is 0 Å². The number of rotatable bonds is 6. The standard InChI is InChI=1S/C13H16N2O4/c14-13(16)10(15-8-1-2-8)6-17-9-3-4-11-12(5-9)19-7-18-11/h3-5,8,10,15H,1-2,6-7H2,(H2,14,16). The number of nitrogens with one attached hydrogen (secondary N) is 1. The highest BCUT2D eigenvalue weighted by molar-refractivity contribution is 5.80. The number of carbonyl (C=O) groups excluding carboxylic acids is 1. The van der Waals surface area contributed by atoms with Crippen LogP contribution in [0.15, 0.2) is 18.2 Å². The second-order valence-corrected chi connectivity index (χ2v) is 4.72. The van der Waals surface area contributed by atoms with Crippen LogP contribution in [-0.4, -0.2) is 31.4 Å². The number of nitrogens with two attached hydrogens (primary N) is 1. The van der Waals surface area contributed by atoms with Crippen molar-refractivity contribution in [2.75, 3.05) is 13.4 Å². The summed E-state index contributed by atoms with van der Waals surface area (Å²) in [5, 5.41) is 3.16. The molecule has 6 heteroatoms. The third kappa shape index (κ3) is 2.90. The fourth-order valence-electron chi connectivity index (χ4n) is 1.89. The summed E-state index contributed by atoms with van der Waals surface area (Å²) < 4.78 is 16.1. The van der Waals surface area contributed by atoms with Crippen molar-refractivity contribution in [1.82, 2.24) is 5.32 Å². The lowest BCUT2D eigenvalue weighted by Gasteiger charge is -2.16. The average molecular weight is 264 g/mol. The Kier molecular flexibility index (Phi) is 3.16. The van der Waals surface area contributed by atoms with Gasteiger partial charge in [-0.1, -0.05) is 0 Å². The van der Waals surface area contributed by atoms with Crippen LogP contribution in [0.3, 0.4) is 0 Å². The van der Waals surface area contributed by atoms with Gasteiger partial charge in [0.25, 0.3) is 0 Å². The lowest BCUT2D eigenvalue weighted by molar-refractivity contribution is -0.120. The normalized spacial score (nSPS) is 18.1. The molecule has 1 unspecified atom stereocenters. The van der Waals surface area contributed by atoms with E-state index < -0.39 is 11.9 Å². The van der Waals surface area contributed by atoms with Gasteiger partial charge < -0.3 is 25.3 Å². The van der Waals surface area contributed by atoms with Gasteiger partial charge >= 0.3 is 0 Å². The van der Waals surface area contributed by atoms with Crippen molar-refractivity contribution in [3.8, 4) is 17.2 Å². The van der Waals surface area contributed by atoms with Crippen molar-refractivity contribution in [2.45, 2.75) is 24.9 Å². The summed E-state index contributed by atoms with van der Waals surface area (Å²) in [6.45, 7) is 0.442. The molecule has 0 bridgehead atoms. The first-order chi connectivity index (χ1) is 9.22. The van der Waals surface area contributed by atoms with E-state index in [9.17, 15) is 4.79 Å². The molecule has 2 aliphatic rings. The summed E-state index contributed by atoms with van der Waals surface area (Å²) >= 11 is 0. The Morgan fingerprint density at radius 1 is 1.42 bits per heavy atom. The number of amides is 1. The second kappa shape index (κ2) is 4.97. The van der Waals surface area contributed by atoms with E-state index in [0.717, 1.165) is 12.8 Å². The van der Waals surface area contributed by atoms with Crippen molar-refractivity contribution in [3.05, 3.63) is 18.2 Å². The number of hydrogen-bond acceptors (Lipinski definition) is 5. The molecule has 1 aliphatic heterocycles. The van der Waals surface area contributed by atoms with E-state index in [1.54, 1.807) is 18.2 Å². The smallest absolute Gasteiger partial charge is 0.238 e. The van der Waals surface area contributed by atoms with Gasteiger partial charge in [0.05, 0.1) is 0 Å². The summed E-state index contributed by atoms with van der Waals surface area (Å²) in [7, 11) is 0. The molecule has 1 heterocycles. The monoisotopic (exact) mass is 264 g/mol. The topological polar surface area (TPSA) is 82.8 Å². The molecule has 1 atom stereocenters. The van der Waals surface area contributed by atoms with Crippen LogP contribution in [-0.2, 0) is 4.79 Å². The van der Waals surface area contributed by atoms with E-state index in [0.29, 0.717) is 23.3 Å². The molecule has 0 radical (unpaired) electrons. The van der Waals surface area contributed by atoms with E-state index in [2.05, 4.69) is 5.32 Å². The summed E-state index contributed by atoms with van der Waals surface area (Å²) in [5.74, 6) is 1.60. The van der Waals surface area contributed by atoms with Crippen LogP contribution in [0.25, 0.3) is 0 Å². The lowest BCUT2D eigenvalue weighted by Crippen LogP contribution is -2.46. The van der Waals surface area contributed by atoms with Crippen LogP contribution in [0.4, 0.5) is 0 Å². The van der Waals surface area contributed by atoms with E-state index in [1.807, 2.05) is 0 Å². The molecule has 102 valence electrons. The predicted molar refractivity (Wildman–Crippen MR) is 67.2 cm³/mol. The van der Waals surface area contributed by atoms with Gasteiger partial charge in [0.2, 0.25) is 12.7 Å². The lowest BCUT2D eigenvalue weighted by atomic mass is 10.2. The first-order valence-electron chi connectivity index (χ1n) is 6.30. The molecule has 1 aromatic carbocycles. The largest absolute Gasteiger partial charge is 0.491 e. The number of primary amides is 1. The van der Waals surface area contributed by atoms with Gasteiger partial charge in [0, 0.05) is 12.1 Å². The third-order valence-corrected chi connectivity index (χ3v) is 3.12. The van der Waals surface area contributed by atoms with Crippen LogP contribution in [0, 0.1) is 0 Å². The van der Waals surface area contributed by atoms with Crippen molar-refractivity contribution >= 4 is 5.91 Å². The molecular weight excluding hydrogens is 248 g/mol. The molecule has 1 fully saturated rings. The van der Waals surface area contributed by atoms with E-state index >= 15 is 0 Å². The quantitative estimate of drug-likeness (QED) is 0.777. The van der Waals surface area contributed by atoms with Gasteiger partial charge in [-0.15, -0.1) is 0 Å². The minimum atomic E-state index is -0.460. The molecule has 3 rings (SSSR count). The zero-order valence-corrected chi connectivity index (χ0v) is 10.4. The van der Waals surface area contributed by atoms with Crippen molar-refractivity contribution in [1.29, 1.82) is 0 Å². The second-order valence-electron chi connectivity index (χ2n) is 4.72. The van der Waals surface area contributed by atoms with Gasteiger partial charge in [-0.25, -0.2) is 0 Å². The van der Waals surface area contributed by atoms with Gasteiger partial charge in [-0.3, -0.25) is 4.79 Å². The van der Waals surface area contributed by atoms with E-state index in [4.69, 9.17) is 19.9 Å². The summed E-state index contributed by atoms with van der Waals surface area (Å²) in [4.78, 5) is 11.3. The summed E-state index contributed by atoms with van der Waals surface area (Å²) in [6.07, 6.45) is 2.18. The molecule has 1 aromatic rings. The zero-order valence-electron chi connectivity index (χ0n) is 10.4. The summed E-state index contributed by atoms with van der Waals surface area (Å²) in [6, 6.07) is 5.25. The molecule has 1 saturated carbocycles. The van der Waals surface area contributed by atoms with Crippen LogP contribution < -0.4 is 25.3 Å². The predicted octanol–water partition coefficient (Wildman–Crippen LogP) is 0.400. The Bertz CT molecular complexity index is 488. The molecule has 0 spiro atoms. The SMILES string of the molecule is NC(=O)C(COc1ccc2c(c1)OCO2)NC1CC1. The number of benzene rings is 1. The number of carbonyl (C=O) groups is 1. The maximum Gasteiger partial charge on any atom is 0.238 e. The fourth-order valence-corrected chi connectivity index (χ4v) is 1.89. The van der Waals surface area contributed by atoms with Gasteiger partial charge in [0.15, 0.2) is 11.5 Å². The molecular formula is C13H16N2O4. The Morgan fingerprint density at radius 2 is 2.21 bits per heavy atom. The van der Waals surface area contributed by atoms with Crippen LogP contribution in [0.1, 0.15) is 12.8 Å². The molecule has 6 nitrogen and oxygen atoms in total. The highest BCUT2D eigenvalue weighted by Crippen LogP contribution is 2.35. The molecule has 0 aromatic heterocycles. The minimum absolute atomic E-state index is 0.214. The van der Waals surface area contributed by atoms with Crippen molar-refractivity contribution in [2.24, 2.45) is 5.73 Å². The zero-order chi connectivity index (χ0) is 13.2. The van der Waals surface area contributed by atoms with Crippen molar-refractivity contribution < 1.29 is 19.0 Å². The van der Waals surface area contributed by atoms with Crippen LogP contribution in [0.5, 0.6) is 17.2 Å². The average Bonchev–Trinajstić information content (AvgIpc) is 3.09. The van der Waals surface area contributed by atoms with Crippen LogP contribution >= 0.6 is 0 Å². The fraction of sp³-hybridized carbons (Fsp3) is 0.462. The van der Waals surface area contributed by atoms with Gasteiger partial charge in [-0.05, 0) is 25.0 Å². The maximum atomic E-state index is 11.3. The molecule has 19 heavy (non-hydrogen) atoms. The van der Waals surface area contributed by atoms with E-state index in [1.165, 1.54) is 0 Å². The number of ether oxygens (including phenoxy) is 3. The highest BCUT2D eigenvalue weighted by Gasteiger charge is 2.27.